The van der Waals surface area contributed by atoms with Crippen molar-refractivity contribution in [2.75, 3.05) is 6.61 Å². The summed E-state index contributed by atoms with van der Waals surface area (Å²) in [6.07, 6.45) is 2.28. The molecule has 1 aromatic carbocycles. The number of allylic oxidation sites excluding steroid dienone is 1. The average molecular weight is 371 g/mol. The number of nitrogens with one attached hydrogen (secondary N) is 1. The van der Waals surface area contributed by atoms with Crippen molar-refractivity contribution in [2.24, 2.45) is 0 Å². The number of ether oxygens (including phenoxy) is 1. The zero-order chi connectivity index (χ0) is 19.6. The Hall–Kier alpha value is -3.42. The summed E-state index contributed by atoms with van der Waals surface area (Å²) in [4.78, 5) is 34.9. The number of aromatic nitrogens is 3. The summed E-state index contributed by atoms with van der Waals surface area (Å²) >= 11 is 0. The molecular formula is C19H15F2N3O3. The van der Waals surface area contributed by atoms with E-state index in [1.165, 1.54) is 24.7 Å². The summed E-state index contributed by atoms with van der Waals surface area (Å²) in [5.41, 5.74) is 1.44. The van der Waals surface area contributed by atoms with Gasteiger partial charge in [-0.2, -0.15) is 0 Å². The average Bonchev–Trinajstić information content (AvgIpc) is 3.08. The zero-order valence-electron chi connectivity index (χ0n) is 14.4. The minimum Gasteiger partial charge on any atom is -0.462 e. The van der Waals surface area contributed by atoms with Crippen LogP contribution in [0.3, 0.4) is 0 Å². The van der Waals surface area contributed by atoms with Crippen LogP contribution in [0, 0.1) is 5.82 Å². The second kappa shape index (κ2) is 7.45. The molecule has 2 heterocycles. The Morgan fingerprint density at radius 2 is 2.07 bits per heavy atom. The Kier molecular flexibility index (Phi) is 5.07. The number of rotatable bonds is 6. The fourth-order valence-corrected chi connectivity index (χ4v) is 2.68. The van der Waals surface area contributed by atoms with E-state index in [-0.39, 0.29) is 17.7 Å². The molecule has 6 nitrogen and oxygen atoms in total. The van der Waals surface area contributed by atoms with Crippen LogP contribution in [0.1, 0.15) is 22.8 Å². The predicted molar refractivity (Wildman–Crippen MR) is 94.2 cm³/mol. The fraction of sp³-hybridized carbons (Fsp3) is 0.158. The quantitative estimate of drug-likeness (QED) is 0.529. The molecule has 0 aliphatic carbocycles. The number of ketones is 1. The first-order valence-corrected chi connectivity index (χ1v) is 8.08. The number of esters is 1. The molecule has 1 N–H and O–H groups in total. The summed E-state index contributed by atoms with van der Waals surface area (Å²) in [6.45, 7) is 4.81. The molecule has 0 radical (unpaired) electrons. The van der Waals surface area contributed by atoms with Crippen LogP contribution >= 0.6 is 0 Å². The van der Waals surface area contributed by atoms with Crippen LogP contribution in [0.15, 0.2) is 43.1 Å². The highest BCUT2D eigenvalue weighted by Crippen LogP contribution is 2.30. The second-order valence-electron chi connectivity index (χ2n) is 5.68. The van der Waals surface area contributed by atoms with Gasteiger partial charge in [0.05, 0.1) is 23.3 Å². The third kappa shape index (κ3) is 3.59. The van der Waals surface area contributed by atoms with E-state index in [0.29, 0.717) is 22.3 Å². The van der Waals surface area contributed by atoms with Crippen molar-refractivity contribution in [1.29, 1.82) is 0 Å². The van der Waals surface area contributed by atoms with Crippen LogP contribution in [0.4, 0.5) is 8.78 Å². The first-order valence-electron chi connectivity index (χ1n) is 8.08. The van der Waals surface area contributed by atoms with E-state index < -0.39 is 29.8 Å². The predicted octanol–water partition coefficient (Wildman–Crippen LogP) is 3.54. The monoisotopic (exact) mass is 371 g/mol. The number of halogens is 2. The summed E-state index contributed by atoms with van der Waals surface area (Å²) in [5, 5.41) is 0.412. The van der Waals surface area contributed by atoms with Gasteiger partial charge in [0.25, 0.3) is 0 Å². The molecular weight excluding hydrogens is 356 g/mol. The first-order chi connectivity index (χ1) is 12.9. The Balaban J connectivity index is 2.12. The second-order valence-corrected chi connectivity index (χ2v) is 5.68. The number of H-pyrrole nitrogens is 1. The molecule has 0 atom stereocenters. The van der Waals surface area contributed by atoms with Gasteiger partial charge in [0.15, 0.2) is 11.6 Å². The Morgan fingerprint density at radius 3 is 2.78 bits per heavy atom. The van der Waals surface area contributed by atoms with E-state index >= 15 is 0 Å². The van der Waals surface area contributed by atoms with Gasteiger partial charge in [-0.15, -0.1) is 0 Å². The van der Waals surface area contributed by atoms with E-state index in [4.69, 9.17) is 4.74 Å². The molecule has 2 aromatic heterocycles. The van der Waals surface area contributed by atoms with Gasteiger partial charge in [-0.3, -0.25) is 4.79 Å². The van der Waals surface area contributed by atoms with Gasteiger partial charge in [0.1, 0.15) is 17.8 Å². The summed E-state index contributed by atoms with van der Waals surface area (Å²) in [5.74, 6) is -3.25. The number of carbonyl (C=O) groups is 2. The van der Waals surface area contributed by atoms with Gasteiger partial charge < -0.3 is 9.72 Å². The van der Waals surface area contributed by atoms with Gasteiger partial charge in [-0.05, 0) is 30.7 Å². The van der Waals surface area contributed by atoms with Crippen molar-refractivity contribution in [2.45, 2.75) is 13.3 Å². The van der Waals surface area contributed by atoms with E-state index in [9.17, 15) is 18.4 Å². The highest BCUT2D eigenvalue weighted by atomic mass is 19.1. The largest absolute Gasteiger partial charge is 0.462 e. The van der Waals surface area contributed by atoms with Crippen LogP contribution < -0.4 is 0 Å². The number of nitrogens with zero attached hydrogens (tertiary/aromatic N) is 2. The number of carbonyl (C=O) groups excluding carboxylic acids is 2. The van der Waals surface area contributed by atoms with E-state index in [1.807, 2.05) is 0 Å². The lowest BCUT2D eigenvalue weighted by Crippen LogP contribution is -2.06. The normalized spacial score (nSPS) is 10.8. The summed E-state index contributed by atoms with van der Waals surface area (Å²) in [6, 6.07) is 4.00. The Labute approximate surface area is 152 Å². The van der Waals surface area contributed by atoms with Gasteiger partial charge in [0, 0.05) is 18.2 Å². The molecule has 0 aliphatic heterocycles. The molecule has 0 saturated carbocycles. The van der Waals surface area contributed by atoms with Crippen molar-refractivity contribution in [1.82, 2.24) is 15.0 Å². The third-order valence-electron chi connectivity index (χ3n) is 3.94. The van der Waals surface area contributed by atoms with Gasteiger partial charge in [0.2, 0.25) is 0 Å². The molecule has 0 fully saturated rings. The highest BCUT2D eigenvalue weighted by molar-refractivity contribution is 6.08. The van der Waals surface area contributed by atoms with Crippen molar-refractivity contribution in [3.63, 3.8) is 0 Å². The maximum absolute atomic E-state index is 14.1. The lowest BCUT2D eigenvalue weighted by Gasteiger charge is -2.08. The van der Waals surface area contributed by atoms with Crippen LogP contribution in [-0.2, 0) is 16.0 Å². The third-order valence-corrected chi connectivity index (χ3v) is 3.94. The molecule has 0 amide bonds. The fourth-order valence-electron chi connectivity index (χ4n) is 2.68. The summed E-state index contributed by atoms with van der Waals surface area (Å²) < 4.78 is 32.1. The minimum atomic E-state index is -1.14. The topological polar surface area (TPSA) is 84.9 Å². The molecule has 3 rings (SSSR count). The van der Waals surface area contributed by atoms with E-state index in [0.717, 1.165) is 6.07 Å². The molecule has 0 aliphatic rings. The maximum Gasteiger partial charge on any atom is 0.340 e. The maximum atomic E-state index is 14.1. The summed E-state index contributed by atoms with van der Waals surface area (Å²) in [7, 11) is 0. The van der Waals surface area contributed by atoms with Crippen LogP contribution in [0.25, 0.3) is 22.3 Å². The molecule has 0 saturated heterocycles. The van der Waals surface area contributed by atoms with Gasteiger partial charge >= 0.3 is 5.97 Å². The molecule has 138 valence electrons. The standard InChI is InChI=1S/C19H15F2N3O3/c1-3-27-19(26)13-8-22-18-16(13)17(23-9-24-18)11-4-5-14(21)12(6-11)7-15(25)10(2)20/h4-6,8-9H,2-3,7H2,1H3,(H,22,23,24). The molecule has 8 heteroatoms. The molecule has 0 unspecified atom stereocenters. The van der Waals surface area contributed by atoms with Gasteiger partial charge in [-0.1, -0.05) is 6.58 Å². The number of benzene rings is 1. The number of hydrogen-bond acceptors (Lipinski definition) is 5. The molecule has 3 aromatic rings. The Morgan fingerprint density at radius 1 is 1.30 bits per heavy atom. The smallest absolute Gasteiger partial charge is 0.340 e. The molecule has 0 spiro atoms. The highest BCUT2D eigenvalue weighted by Gasteiger charge is 2.20. The van der Waals surface area contributed by atoms with Crippen molar-refractivity contribution in [3.05, 3.63) is 60.1 Å². The van der Waals surface area contributed by atoms with Crippen LogP contribution in [0.2, 0.25) is 0 Å². The number of aromatic amines is 1. The Bertz CT molecular complexity index is 1060. The molecule has 27 heavy (non-hydrogen) atoms. The lowest BCUT2D eigenvalue weighted by atomic mass is 10.0. The van der Waals surface area contributed by atoms with E-state index in [2.05, 4.69) is 21.5 Å². The van der Waals surface area contributed by atoms with Crippen LogP contribution in [0.5, 0.6) is 0 Å². The number of fused-ring (bicyclic) bond motifs is 1. The van der Waals surface area contributed by atoms with Crippen LogP contribution in [-0.4, -0.2) is 33.3 Å². The van der Waals surface area contributed by atoms with E-state index in [1.54, 1.807) is 6.92 Å². The zero-order valence-corrected chi connectivity index (χ0v) is 14.4. The number of hydrogen-bond donors (Lipinski definition) is 1. The SMILES string of the molecule is C=C(F)C(=O)Cc1cc(-c2ncnc3[nH]cc(C(=O)OCC)c23)ccc1F. The van der Waals surface area contributed by atoms with Crippen molar-refractivity contribution >= 4 is 22.8 Å². The number of Topliss-reactive ketones (excluding diaryl/α,β-unsaturated/α-hetero) is 1. The molecule has 0 bridgehead atoms. The van der Waals surface area contributed by atoms with Crippen molar-refractivity contribution < 1.29 is 23.1 Å². The van der Waals surface area contributed by atoms with Crippen molar-refractivity contribution in [3.8, 4) is 11.3 Å². The van der Waals surface area contributed by atoms with Gasteiger partial charge in [-0.25, -0.2) is 23.5 Å². The lowest BCUT2D eigenvalue weighted by molar-refractivity contribution is -0.116. The first kappa shape index (κ1) is 18.4. The minimum absolute atomic E-state index is 0.00344.